The Kier molecular flexibility index (Phi) is 4.25. The topological polar surface area (TPSA) is 35.5 Å². The van der Waals surface area contributed by atoms with Crippen LogP contribution in [0.2, 0.25) is 0 Å². The van der Waals surface area contributed by atoms with Gasteiger partial charge in [-0.15, -0.1) is 0 Å². The molecule has 0 aliphatic carbocycles. The van der Waals surface area contributed by atoms with Crippen LogP contribution in [0.5, 0.6) is 5.75 Å². The zero-order chi connectivity index (χ0) is 13.9. The van der Waals surface area contributed by atoms with E-state index in [4.69, 9.17) is 9.47 Å². The second-order valence-electron chi connectivity index (χ2n) is 5.56. The van der Waals surface area contributed by atoms with E-state index in [1.54, 1.807) is 0 Å². The third-order valence-electron chi connectivity index (χ3n) is 3.44. The van der Waals surface area contributed by atoms with Crippen molar-refractivity contribution in [1.82, 2.24) is 0 Å². The van der Waals surface area contributed by atoms with Crippen molar-refractivity contribution in [3.05, 3.63) is 29.8 Å². The number of benzene rings is 1. The van der Waals surface area contributed by atoms with Crippen molar-refractivity contribution in [3.63, 3.8) is 0 Å². The molecule has 0 amide bonds. The van der Waals surface area contributed by atoms with Crippen molar-refractivity contribution in [2.75, 3.05) is 6.61 Å². The molecular formula is C16H22O3. The molecule has 1 aromatic rings. The van der Waals surface area contributed by atoms with E-state index in [9.17, 15) is 4.79 Å². The molecule has 0 radical (unpaired) electrons. The monoisotopic (exact) mass is 262 g/mol. The van der Waals surface area contributed by atoms with Crippen LogP contribution in [-0.4, -0.2) is 24.1 Å². The lowest BCUT2D eigenvalue weighted by Gasteiger charge is -2.32. The number of rotatable bonds is 4. The van der Waals surface area contributed by atoms with Crippen molar-refractivity contribution >= 4 is 5.78 Å². The fraction of sp³-hybridized carbons (Fsp3) is 0.562. The predicted molar refractivity (Wildman–Crippen MR) is 74.7 cm³/mol. The molecule has 104 valence electrons. The largest absolute Gasteiger partial charge is 0.491 e. The maximum atomic E-state index is 12.5. The first-order valence-corrected chi connectivity index (χ1v) is 6.97. The van der Waals surface area contributed by atoms with E-state index in [1.807, 2.05) is 45.0 Å². The van der Waals surface area contributed by atoms with Crippen LogP contribution in [0, 0.1) is 0 Å². The van der Waals surface area contributed by atoms with Gasteiger partial charge in [-0.1, -0.05) is 0 Å². The highest BCUT2D eigenvalue weighted by Crippen LogP contribution is 2.28. The Morgan fingerprint density at radius 1 is 1.26 bits per heavy atom. The Morgan fingerprint density at radius 3 is 2.47 bits per heavy atom. The van der Waals surface area contributed by atoms with Crippen LogP contribution in [0.15, 0.2) is 24.3 Å². The molecule has 1 unspecified atom stereocenters. The minimum atomic E-state index is -0.654. The Bertz CT molecular complexity index is 428. The number of hydrogen-bond donors (Lipinski definition) is 0. The standard InChI is InChI=1S/C16H22O3/c1-12(2)19-14-8-6-13(7-9-14)15(17)16(3)10-4-5-11-18-16/h6-9,12H,4-5,10-11H2,1-3H3. The zero-order valence-electron chi connectivity index (χ0n) is 11.9. The Morgan fingerprint density at radius 2 is 1.95 bits per heavy atom. The minimum absolute atomic E-state index is 0.0725. The summed E-state index contributed by atoms with van der Waals surface area (Å²) in [6.45, 7) is 6.54. The second-order valence-corrected chi connectivity index (χ2v) is 5.56. The molecule has 1 aromatic carbocycles. The normalized spacial score (nSPS) is 23.4. The van der Waals surface area contributed by atoms with Gasteiger partial charge in [0.2, 0.25) is 0 Å². The molecule has 0 aromatic heterocycles. The van der Waals surface area contributed by atoms with Gasteiger partial charge >= 0.3 is 0 Å². The summed E-state index contributed by atoms with van der Waals surface area (Å²) >= 11 is 0. The quantitative estimate of drug-likeness (QED) is 0.777. The molecule has 1 heterocycles. The van der Waals surface area contributed by atoms with Crippen molar-refractivity contribution in [3.8, 4) is 5.75 Å². The van der Waals surface area contributed by atoms with Crippen LogP contribution in [0.25, 0.3) is 0 Å². The summed E-state index contributed by atoms with van der Waals surface area (Å²) in [7, 11) is 0. The van der Waals surface area contributed by atoms with E-state index in [2.05, 4.69) is 0 Å². The van der Waals surface area contributed by atoms with E-state index in [0.29, 0.717) is 12.2 Å². The number of carbonyl (C=O) groups excluding carboxylic acids is 1. The van der Waals surface area contributed by atoms with E-state index in [0.717, 1.165) is 25.0 Å². The van der Waals surface area contributed by atoms with Crippen LogP contribution < -0.4 is 4.74 Å². The van der Waals surface area contributed by atoms with Gasteiger partial charge in [-0.25, -0.2) is 0 Å². The maximum absolute atomic E-state index is 12.5. The zero-order valence-corrected chi connectivity index (χ0v) is 11.9. The fourth-order valence-corrected chi connectivity index (χ4v) is 2.38. The summed E-state index contributed by atoms with van der Waals surface area (Å²) in [6.07, 6.45) is 3.04. The lowest BCUT2D eigenvalue weighted by molar-refractivity contribution is -0.0426. The van der Waals surface area contributed by atoms with E-state index in [-0.39, 0.29) is 11.9 Å². The molecule has 3 heteroatoms. The van der Waals surface area contributed by atoms with Gasteiger partial charge in [0, 0.05) is 12.2 Å². The van der Waals surface area contributed by atoms with Crippen LogP contribution in [-0.2, 0) is 4.74 Å². The molecule has 19 heavy (non-hydrogen) atoms. The summed E-state index contributed by atoms with van der Waals surface area (Å²) in [4.78, 5) is 12.5. The van der Waals surface area contributed by atoms with Gasteiger partial charge in [-0.2, -0.15) is 0 Å². The molecule has 1 atom stereocenters. The summed E-state index contributed by atoms with van der Waals surface area (Å²) in [5.41, 5.74) is 0.0408. The van der Waals surface area contributed by atoms with Crippen molar-refractivity contribution in [2.24, 2.45) is 0 Å². The lowest BCUT2D eigenvalue weighted by atomic mass is 9.88. The predicted octanol–water partition coefficient (Wildman–Crippen LogP) is 3.62. The lowest BCUT2D eigenvalue weighted by Crippen LogP contribution is -2.41. The smallest absolute Gasteiger partial charge is 0.194 e. The van der Waals surface area contributed by atoms with Gasteiger partial charge in [-0.05, 0) is 64.3 Å². The van der Waals surface area contributed by atoms with Crippen LogP contribution >= 0.6 is 0 Å². The number of carbonyl (C=O) groups is 1. The average molecular weight is 262 g/mol. The number of ketones is 1. The van der Waals surface area contributed by atoms with Gasteiger partial charge in [-0.3, -0.25) is 4.79 Å². The van der Waals surface area contributed by atoms with Gasteiger partial charge < -0.3 is 9.47 Å². The molecule has 0 bridgehead atoms. The summed E-state index contributed by atoms with van der Waals surface area (Å²) in [5, 5.41) is 0. The van der Waals surface area contributed by atoms with Crippen LogP contribution in [0.3, 0.4) is 0 Å². The first-order valence-electron chi connectivity index (χ1n) is 6.97. The van der Waals surface area contributed by atoms with Gasteiger partial charge in [0.15, 0.2) is 5.78 Å². The van der Waals surface area contributed by atoms with Gasteiger partial charge in [0.25, 0.3) is 0 Å². The minimum Gasteiger partial charge on any atom is -0.491 e. The molecule has 3 nitrogen and oxygen atoms in total. The molecule has 0 spiro atoms. The van der Waals surface area contributed by atoms with E-state index in [1.165, 1.54) is 0 Å². The number of hydrogen-bond acceptors (Lipinski definition) is 3. The molecule has 1 aliphatic heterocycles. The summed E-state index contributed by atoms with van der Waals surface area (Å²) < 4.78 is 11.3. The molecule has 0 N–H and O–H groups in total. The maximum Gasteiger partial charge on any atom is 0.194 e. The van der Waals surface area contributed by atoms with Crippen LogP contribution in [0.4, 0.5) is 0 Å². The van der Waals surface area contributed by atoms with Crippen LogP contribution in [0.1, 0.15) is 50.4 Å². The van der Waals surface area contributed by atoms with Gasteiger partial charge in [0.1, 0.15) is 11.4 Å². The Hall–Kier alpha value is -1.35. The average Bonchev–Trinajstić information content (AvgIpc) is 2.39. The van der Waals surface area contributed by atoms with E-state index < -0.39 is 5.60 Å². The summed E-state index contributed by atoms with van der Waals surface area (Å²) in [6, 6.07) is 7.34. The molecular weight excluding hydrogens is 240 g/mol. The summed E-state index contributed by atoms with van der Waals surface area (Å²) in [5.74, 6) is 0.865. The number of ether oxygens (including phenoxy) is 2. The highest BCUT2D eigenvalue weighted by atomic mass is 16.5. The molecule has 1 aliphatic rings. The second kappa shape index (κ2) is 5.74. The van der Waals surface area contributed by atoms with Crippen molar-refractivity contribution in [2.45, 2.75) is 51.7 Å². The highest BCUT2D eigenvalue weighted by molar-refractivity contribution is 6.02. The molecule has 1 saturated heterocycles. The first kappa shape index (κ1) is 14.1. The molecule has 1 fully saturated rings. The van der Waals surface area contributed by atoms with Crippen molar-refractivity contribution < 1.29 is 14.3 Å². The van der Waals surface area contributed by atoms with Crippen molar-refractivity contribution in [1.29, 1.82) is 0 Å². The highest BCUT2D eigenvalue weighted by Gasteiger charge is 2.36. The SMILES string of the molecule is CC(C)Oc1ccc(C(=O)C2(C)CCCCO2)cc1. The molecule has 0 saturated carbocycles. The third kappa shape index (κ3) is 3.35. The fourth-order valence-electron chi connectivity index (χ4n) is 2.38. The Labute approximate surface area is 114 Å². The number of Topliss-reactive ketones (excluding diaryl/α,β-unsaturated/α-hetero) is 1. The first-order chi connectivity index (χ1) is 9.01. The molecule has 2 rings (SSSR count). The third-order valence-corrected chi connectivity index (χ3v) is 3.44. The van der Waals surface area contributed by atoms with Gasteiger partial charge in [0.05, 0.1) is 6.10 Å². The Balaban J connectivity index is 2.10. The van der Waals surface area contributed by atoms with E-state index >= 15 is 0 Å².